The zero-order valence-corrected chi connectivity index (χ0v) is 16.6. The quantitative estimate of drug-likeness (QED) is 0.560. The number of rotatable bonds is 5. The lowest BCUT2D eigenvalue weighted by Gasteiger charge is -2.39. The van der Waals surface area contributed by atoms with Crippen molar-refractivity contribution in [2.75, 3.05) is 7.11 Å². The zero-order chi connectivity index (χ0) is 21.4. The average Bonchev–Trinajstić information content (AvgIpc) is 3.01. The van der Waals surface area contributed by atoms with E-state index in [-0.39, 0.29) is 6.61 Å². The van der Waals surface area contributed by atoms with E-state index < -0.39 is 35.7 Å². The fourth-order valence-corrected chi connectivity index (χ4v) is 3.82. The van der Waals surface area contributed by atoms with Crippen LogP contribution in [0.15, 0.2) is 58.1 Å². The average molecular weight is 413 g/mol. The molecule has 1 aromatic heterocycles. The van der Waals surface area contributed by atoms with E-state index in [0.717, 1.165) is 20.6 Å². The van der Waals surface area contributed by atoms with Crippen molar-refractivity contribution >= 4 is 0 Å². The summed E-state index contributed by atoms with van der Waals surface area (Å²) in [6, 6.07) is 13.5. The van der Waals surface area contributed by atoms with Crippen LogP contribution < -0.4 is 16.1 Å². The minimum atomic E-state index is -1.36. The van der Waals surface area contributed by atoms with E-state index in [0.29, 0.717) is 11.1 Å². The normalized spacial score (nSPS) is 23.2. The molecule has 0 bridgehead atoms. The van der Waals surface area contributed by atoms with Gasteiger partial charge in [0.15, 0.2) is 0 Å². The van der Waals surface area contributed by atoms with Crippen LogP contribution >= 0.6 is 0 Å². The van der Waals surface area contributed by atoms with Gasteiger partial charge in [-0.2, -0.15) is 0 Å². The maximum absolute atomic E-state index is 12.5. The summed E-state index contributed by atoms with van der Waals surface area (Å²) < 4.78 is 13.1. The van der Waals surface area contributed by atoms with Gasteiger partial charge in [-0.05, 0) is 28.8 Å². The lowest BCUT2D eigenvalue weighted by Crippen LogP contribution is -2.47. The summed E-state index contributed by atoms with van der Waals surface area (Å²) in [5, 5.41) is 24.1. The molecule has 0 radical (unpaired) electrons. The van der Waals surface area contributed by atoms with Gasteiger partial charge in [-0.25, -0.2) is 23.9 Å². The van der Waals surface area contributed by atoms with Crippen molar-refractivity contribution in [3.8, 4) is 5.75 Å². The highest BCUT2D eigenvalue weighted by molar-refractivity contribution is 5.37. The molecular formula is C21H23N3O6. The minimum absolute atomic E-state index is 0.208. The molecule has 0 aliphatic heterocycles. The summed E-state index contributed by atoms with van der Waals surface area (Å²) in [7, 11) is 2.93. The molecule has 4 atom stereocenters. The van der Waals surface area contributed by atoms with Gasteiger partial charge in [0.05, 0.1) is 13.7 Å². The number of aliphatic hydroxyl groups excluding tert-OH is 2. The number of nitrogens with one attached hydrogen (secondary N) is 1. The van der Waals surface area contributed by atoms with E-state index in [4.69, 9.17) is 9.47 Å². The fourth-order valence-electron chi connectivity index (χ4n) is 3.82. The van der Waals surface area contributed by atoms with Crippen molar-refractivity contribution in [2.45, 2.75) is 31.0 Å². The Labute approximate surface area is 171 Å². The van der Waals surface area contributed by atoms with Crippen LogP contribution in [0.1, 0.15) is 28.8 Å². The Hall–Kier alpha value is -3.14. The number of benzene rings is 2. The number of H-pyrrole nitrogens is 1. The number of fused-ring (bicyclic) bond motifs is 1. The largest absolute Gasteiger partial charge is 0.497 e. The first kappa shape index (κ1) is 20.1. The van der Waals surface area contributed by atoms with Gasteiger partial charge in [0.2, 0.25) is 0 Å². The van der Waals surface area contributed by atoms with Gasteiger partial charge in [-0.3, -0.25) is 0 Å². The second kappa shape index (κ2) is 7.94. The third kappa shape index (κ3) is 3.36. The maximum atomic E-state index is 12.5. The van der Waals surface area contributed by atoms with E-state index in [1.165, 1.54) is 7.05 Å². The summed E-state index contributed by atoms with van der Waals surface area (Å²) >= 11 is 0. The van der Waals surface area contributed by atoms with Crippen molar-refractivity contribution in [2.24, 2.45) is 7.05 Å². The molecule has 1 aliphatic carbocycles. The molecule has 1 aliphatic rings. The Balaban J connectivity index is 1.68. The Morgan fingerprint density at radius 3 is 2.27 bits per heavy atom. The summed E-state index contributed by atoms with van der Waals surface area (Å²) in [5.41, 5.74) is 0.908. The van der Waals surface area contributed by atoms with Gasteiger partial charge in [0, 0.05) is 7.05 Å². The second-order valence-electron chi connectivity index (χ2n) is 7.26. The van der Waals surface area contributed by atoms with Gasteiger partial charge in [0.1, 0.15) is 30.1 Å². The first-order valence-electron chi connectivity index (χ1n) is 9.49. The highest BCUT2D eigenvalue weighted by Gasteiger charge is 2.43. The van der Waals surface area contributed by atoms with Crippen LogP contribution in [0.3, 0.4) is 0 Å². The number of aromatic nitrogens is 3. The molecular weight excluding hydrogens is 390 g/mol. The van der Waals surface area contributed by atoms with Gasteiger partial charge in [-0.1, -0.05) is 36.4 Å². The zero-order valence-electron chi connectivity index (χ0n) is 16.6. The summed E-state index contributed by atoms with van der Waals surface area (Å²) in [5.74, 6) is 0.724. The first-order chi connectivity index (χ1) is 14.4. The molecule has 3 N–H and O–H groups in total. The first-order valence-corrected chi connectivity index (χ1v) is 9.49. The lowest BCUT2D eigenvalue weighted by atomic mass is 9.81. The van der Waals surface area contributed by atoms with E-state index in [1.54, 1.807) is 31.4 Å². The molecule has 0 spiro atoms. The molecule has 0 saturated carbocycles. The van der Waals surface area contributed by atoms with Crippen molar-refractivity contribution < 1.29 is 19.7 Å². The molecule has 0 fully saturated rings. The number of methoxy groups -OCH3 is 1. The molecule has 9 heteroatoms. The number of nitrogens with zero attached hydrogens (tertiary/aromatic N) is 2. The fraction of sp³-hybridized carbons (Fsp3) is 0.333. The smallest absolute Gasteiger partial charge is 0.347 e. The maximum Gasteiger partial charge on any atom is 0.347 e. The molecule has 4 rings (SSSR count). The molecule has 0 saturated heterocycles. The molecule has 0 unspecified atom stereocenters. The summed E-state index contributed by atoms with van der Waals surface area (Å²) in [6.45, 7) is 0.208. The van der Waals surface area contributed by atoms with Crippen molar-refractivity contribution in [1.82, 2.24) is 14.3 Å². The lowest BCUT2D eigenvalue weighted by molar-refractivity contribution is -0.118. The number of aromatic amines is 1. The Bertz CT molecular complexity index is 1150. The predicted octanol–water partition coefficient (Wildman–Crippen LogP) is 0.466. The molecule has 1 heterocycles. The van der Waals surface area contributed by atoms with E-state index >= 15 is 0 Å². The van der Waals surface area contributed by atoms with Crippen LogP contribution in [0.25, 0.3) is 0 Å². The highest BCUT2D eigenvalue weighted by Crippen LogP contribution is 2.40. The summed E-state index contributed by atoms with van der Waals surface area (Å²) in [6.07, 6.45) is -3.48. The van der Waals surface area contributed by atoms with Crippen molar-refractivity contribution in [1.29, 1.82) is 0 Å². The number of hydrogen-bond donors (Lipinski definition) is 3. The third-order valence-electron chi connectivity index (χ3n) is 5.49. The van der Waals surface area contributed by atoms with Crippen LogP contribution in [0.4, 0.5) is 0 Å². The standard InChI is InChI=1S/C21H23N3O6/c1-23-20(27)22-24(21(23)28)16-14-5-3-4-6-15(14)19(18(26)17(16)25)30-11-12-7-9-13(29-2)10-8-12/h3-10,16-19,25-26H,11H2,1-2H3,(H,22,27)/t16-,17+,18+,19+/m0/s1. The number of ether oxygens (including phenoxy) is 2. The SMILES string of the molecule is COc1ccc(CO[C@@H]2c3ccccc3[C@H](n3[nH]c(=O)n(C)c3=O)[C@@H](O)[C@H]2O)cc1. The predicted molar refractivity (Wildman–Crippen MR) is 107 cm³/mol. The molecule has 158 valence electrons. The Morgan fingerprint density at radius 1 is 1.00 bits per heavy atom. The van der Waals surface area contributed by atoms with Crippen molar-refractivity contribution in [3.63, 3.8) is 0 Å². The van der Waals surface area contributed by atoms with Gasteiger partial charge in [-0.15, -0.1) is 0 Å². The van der Waals surface area contributed by atoms with E-state index in [9.17, 15) is 19.8 Å². The molecule has 9 nitrogen and oxygen atoms in total. The molecule has 3 aromatic rings. The Morgan fingerprint density at radius 2 is 1.67 bits per heavy atom. The number of hydrogen-bond acceptors (Lipinski definition) is 6. The molecule has 2 aromatic carbocycles. The second-order valence-corrected chi connectivity index (χ2v) is 7.26. The van der Waals surface area contributed by atoms with Gasteiger partial charge >= 0.3 is 11.4 Å². The number of aliphatic hydroxyl groups is 2. The van der Waals surface area contributed by atoms with E-state index in [2.05, 4.69) is 5.10 Å². The van der Waals surface area contributed by atoms with Gasteiger partial charge in [0.25, 0.3) is 0 Å². The monoisotopic (exact) mass is 413 g/mol. The van der Waals surface area contributed by atoms with Crippen LogP contribution in [-0.4, -0.2) is 43.9 Å². The van der Waals surface area contributed by atoms with E-state index in [1.807, 2.05) is 24.3 Å². The van der Waals surface area contributed by atoms with Crippen LogP contribution in [0.2, 0.25) is 0 Å². The van der Waals surface area contributed by atoms with Crippen LogP contribution in [-0.2, 0) is 18.4 Å². The third-order valence-corrected chi connectivity index (χ3v) is 5.49. The van der Waals surface area contributed by atoms with Crippen LogP contribution in [0.5, 0.6) is 5.75 Å². The Kier molecular flexibility index (Phi) is 5.33. The highest BCUT2D eigenvalue weighted by atomic mass is 16.5. The topological polar surface area (TPSA) is 119 Å². The molecule has 30 heavy (non-hydrogen) atoms. The minimum Gasteiger partial charge on any atom is -0.497 e. The van der Waals surface area contributed by atoms with Crippen molar-refractivity contribution in [3.05, 3.63) is 86.2 Å². The van der Waals surface area contributed by atoms with Crippen LogP contribution in [0, 0.1) is 0 Å². The van der Waals surface area contributed by atoms with Gasteiger partial charge < -0.3 is 19.7 Å². The molecule has 0 amide bonds. The summed E-state index contributed by atoms with van der Waals surface area (Å²) in [4.78, 5) is 24.3.